The minimum Gasteiger partial charge on any atom is -0.493 e. The van der Waals surface area contributed by atoms with Crippen LogP contribution in [0.5, 0.6) is 11.5 Å². The Bertz CT molecular complexity index is 1000. The van der Waals surface area contributed by atoms with E-state index in [0.717, 1.165) is 26.5 Å². The number of halogens is 1. The van der Waals surface area contributed by atoms with Crippen molar-refractivity contribution in [2.24, 2.45) is 0 Å². The highest BCUT2D eigenvalue weighted by Crippen LogP contribution is 2.34. The van der Waals surface area contributed by atoms with E-state index in [1.165, 1.54) is 0 Å². The Morgan fingerprint density at radius 3 is 2.66 bits per heavy atom. The van der Waals surface area contributed by atoms with E-state index in [0.29, 0.717) is 24.5 Å². The number of carboxylic acids is 1. The van der Waals surface area contributed by atoms with E-state index in [9.17, 15) is 9.90 Å². The normalized spacial score (nSPS) is 12.3. The third-order valence-corrected chi connectivity index (χ3v) is 5.37. The fraction of sp³-hybridized carbons (Fsp3) is 0.318. The van der Waals surface area contributed by atoms with Crippen molar-refractivity contribution in [3.05, 3.63) is 58.2 Å². The number of aromatic nitrogens is 1. The quantitative estimate of drug-likeness (QED) is 0.437. The van der Waals surface area contributed by atoms with Gasteiger partial charge in [-0.25, -0.2) is 0 Å². The van der Waals surface area contributed by atoms with Crippen molar-refractivity contribution < 1.29 is 19.4 Å². The molecule has 0 spiro atoms. The van der Waals surface area contributed by atoms with Gasteiger partial charge in [-0.05, 0) is 43.2 Å². The number of H-pyrrole nitrogens is 1. The van der Waals surface area contributed by atoms with Crippen LogP contribution < -0.4 is 14.8 Å². The first-order valence-corrected chi connectivity index (χ1v) is 10.2. The fourth-order valence-electron chi connectivity index (χ4n) is 3.22. The Balaban J connectivity index is 1.76. The lowest BCUT2D eigenvalue weighted by Crippen LogP contribution is -2.38. The summed E-state index contributed by atoms with van der Waals surface area (Å²) in [4.78, 5) is 15.0. The predicted molar refractivity (Wildman–Crippen MR) is 117 cm³/mol. The first-order chi connectivity index (χ1) is 13.9. The number of hydrogen-bond donors (Lipinski definition) is 3. The summed E-state index contributed by atoms with van der Waals surface area (Å²) in [5.41, 5.74) is 2.86. The van der Waals surface area contributed by atoms with E-state index in [1.54, 1.807) is 7.11 Å². The lowest BCUT2D eigenvalue weighted by molar-refractivity contribution is -0.139. The number of fused-ring (bicyclic) bond motifs is 1. The van der Waals surface area contributed by atoms with E-state index in [4.69, 9.17) is 9.47 Å². The molecule has 0 saturated carbocycles. The molecule has 0 bridgehead atoms. The monoisotopic (exact) mass is 460 g/mol. The molecule has 0 aliphatic rings. The van der Waals surface area contributed by atoms with Crippen LogP contribution in [-0.4, -0.2) is 35.3 Å². The zero-order valence-corrected chi connectivity index (χ0v) is 18.2. The van der Waals surface area contributed by atoms with Gasteiger partial charge in [0, 0.05) is 34.5 Å². The number of carbonyl (C=O) groups is 1. The maximum absolute atomic E-state index is 11.8. The van der Waals surface area contributed by atoms with Gasteiger partial charge in [0.15, 0.2) is 11.5 Å². The zero-order chi connectivity index (χ0) is 21.0. The summed E-state index contributed by atoms with van der Waals surface area (Å²) < 4.78 is 12.0. The number of aromatic amines is 1. The number of aliphatic carboxylic acids is 1. The van der Waals surface area contributed by atoms with Gasteiger partial charge in [0.2, 0.25) is 0 Å². The average molecular weight is 461 g/mol. The van der Waals surface area contributed by atoms with Gasteiger partial charge >= 0.3 is 5.97 Å². The highest BCUT2D eigenvalue weighted by Gasteiger charge is 2.20. The van der Waals surface area contributed by atoms with Gasteiger partial charge in [0.25, 0.3) is 0 Å². The number of benzene rings is 2. The van der Waals surface area contributed by atoms with E-state index in [-0.39, 0.29) is 6.10 Å². The molecule has 0 aliphatic carbocycles. The van der Waals surface area contributed by atoms with E-state index in [2.05, 4.69) is 26.2 Å². The zero-order valence-electron chi connectivity index (χ0n) is 16.7. The van der Waals surface area contributed by atoms with Crippen LogP contribution >= 0.6 is 15.9 Å². The van der Waals surface area contributed by atoms with Crippen molar-refractivity contribution >= 4 is 32.8 Å². The highest BCUT2D eigenvalue weighted by molar-refractivity contribution is 9.10. The summed E-state index contributed by atoms with van der Waals surface area (Å²) in [6.07, 6.45) is 2.27. The number of carboxylic acid groups (broad SMARTS) is 1. The Morgan fingerprint density at radius 2 is 1.97 bits per heavy atom. The smallest absolute Gasteiger partial charge is 0.321 e. The lowest BCUT2D eigenvalue weighted by atomic mass is 10.0. The number of rotatable bonds is 9. The van der Waals surface area contributed by atoms with Crippen LogP contribution in [0.3, 0.4) is 0 Å². The van der Waals surface area contributed by atoms with Crippen LogP contribution in [0.25, 0.3) is 10.9 Å². The largest absolute Gasteiger partial charge is 0.493 e. The third kappa shape index (κ3) is 5.10. The Kier molecular flexibility index (Phi) is 6.82. The number of methoxy groups -OCH3 is 1. The minimum absolute atomic E-state index is 0.0207. The third-order valence-electron chi connectivity index (χ3n) is 4.63. The maximum atomic E-state index is 11.8. The first-order valence-electron chi connectivity index (χ1n) is 9.43. The van der Waals surface area contributed by atoms with Crippen molar-refractivity contribution in [3.8, 4) is 11.5 Å². The molecule has 0 amide bonds. The number of nitrogens with one attached hydrogen (secondary N) is 2. The molecule has 1 atom stereocenters. The number of para-hydroxylation sites is 1. The van der Waals surface area contributed by atoms with Crippen LogP contribution in [0.2, 0.25) is 0 Å². The van der Waals surface area contributed by atoms with Gasteiger partial charge < -0.3 is 19.6 Å². The standard InChI is InChI=1S/C22H25BrN2O4/c1-13(2)29-21-10-17(23)15(9-20(21)28-3)12-25-19(22(26)27)8-14-11-24-18-7-5-4-6-16(14)18/h4-7,9-11,13,19,24-25H,8,12H2,1-3H3,(H,26,27). The second-order valence-electron chi connectivity index (χ2n) is 7.10. The van der Waals surface area contributed by atoms with Crippen molar-refractivity contribution in [2.75, 3.05) is 7.11 Å². The van der Waals surface area contributed by atoms with Crippen LogP contribution in [-0.2, 0) is 17.8 Å². The fourth-order valence-corrected chi connectivity index (χ4v) is 3.68. The molecule has 1 aromatic heterocycles. The van der Waals surface area contributed by atoms with Crippen molar-refractivity contribution in [3.63, 3.8) is 0 Å². The van der Waals surface area contributed by atoms with E-state index in [1.807, 2.05) is 56.4 Å². The van der Waals surface area contributed by atoms with Crippen LogP contribution in [0.15, 0.2) is 47.1 Å². The van der Waals surface area contributed by atoms with E-state index < -0.39 is 12.0 Å². The average Bonchev–Trinajstić information content (AvgIpc) is 3.08. The minimum atomic E-state index is -0.891. The summed E-state index contributed by atoms with van der Waals surface area (Å²) in [7, 11) is 1.59. The predicted octanol–water partition coefficient (Wildman–Crippen LogP) is 4.51. The molecule has 0 radical (unpaired) electrons. The molecule has 3 N–H and O–H groups in total. The maximum Gasteiger partial charge on any atom is 0.321 e. The molecule has 0 saturated heterocycles. The van der Waals surface area contributed by atoms with Crippen molar-refractivity contribution in [1.82, 2.24) is 10.3 Å². The topological polar surface area (TPSA) is 83.6 Å². The summed E-state index contributed by atoms with van der Waals surface area (Å²) in [6.45, 7) is 4.27. The van der Waals surface area contributed by atoms with Crippen LogP contribution in [0.1, 0.15) is 25.0 Å². The molecule has 1 heterocycles. The molecule has 3 aromatic rings. The summed E-state index contributed by atoms with van der Waals surface area (Å²) in [5.74, 6) is 0.368. The Hall–Kier alpha value is -2.51. The SMILES string of the molecule is COc1cc(CNC(Cc2c[nH]c3ccccc23)C(=O)O)c(Br)cc1OC(C)C. The molecule has 0 aliphatic heterocycles. The van der Waals surface area contributed by atoms with Gasteiger partial charge in [-0.1, -0.05) is 34.1 Å². The summed E-state index contributed by atoms with van der Waals surface area (Å²) >= 11 is 3.55. The molecule has 29 heavy (non-hydrogen) atoms. The van der Waals surface area contributed by atoms with Gasteiger partial charge in [0.1, 0.15) is 6.04 Å². The number of ether oxygens (including phenoxy) is 2. The Labute approximate surface area is 178 Å². The summed E-state index contributed by atoms with van der Waals surface area (Å²) in [5, 5.41) is 13.9. The first kappa shape index (κ1) is 21.2. The molecule has 154 valence electrons. The van der Waals surface area contributed by atoms with Crippen LogP contribution in [0.4, 0.5) is 0 Å². The van der Waals surface area contributed by atoms with Crippen molar-refractivity contribution in [2.45, 2.75) is 39.0 Å². The molecule has 6 nitrogen and oxygen atoms in total. The Morgan fingerprint density at radius 1 is 1.21 bits per heavy atom. The highest BCUT2D eigenvalue weighted by atomic mass is 79.9. The van der Waals surface area contributed by atoms with Gasteiger partial charge in [-0.15, -0.1) is 0 Å². The van der Waals surface area contributed by atoms with Gasteiger partial charge in [-0.3, -0.25) is 10.1 Å². The van der Waals surface area contributed by atoms with Gasteiger partial charge in [-0.2, -0.15) is 0 Å². The second kappa shape index (κ2) is 9.33. The molecule has 3 rings (SSSR count). The molecule has 7 heteroatoms. The molecule has 0 fully saturated rings. The van der Waals surface area contributed by atoms with E-state index >= 15 is 0 Å². The van der Waals surface area contributed by atoms with Crippen LogP contribution in [0, 0.1) is 0 Å². The molecule has 2 aromatic carbocycles. The number of hydrogen-bond acceptors (Lipinski definition) is 4. The van der Waals surface area contributed by atoms with Crippen molar-refractivity contribution in [1.29, 1.82) is 0 Å². The molecule has 1 unspecified atom stereocenters. The second-order valence-corrected chi connectivity index (χ2v) is 7.95. The molecular weight excluding hydrogens is 436 g/mol. The molecular formula is C22H25BrN2O4. The van der Waals surface area contributed by atoms with Gasteiger partial charge in [0.05, 0.1) is 13.2 Å². The summed E-state index contributed by atoms with van der Waals surface area (Å²) in [6, 6.07) is 10.9. The lowest BCUT2D eigenvalue weighted by Gasteiger charge is -2.18.